The second-order valence-electron chi connectivity index (χ2n) is 8.60. The van der Waals surface area contributed by atoms with E-state index in [1.54, 1.807) is 37.3 Å². The second kappa shape index (κ2) is 12.1. The number of rotatable bonds is 6. The highest BCUT2D eigenvalue weighted by Gasteiger charge is 2.28. The van der Waals surface area contributed by atoms with Gasteiger partial charge in [-0.15, -0.1) is 0 Å². The summed E-state index contributed by atoms with van der Waals surface area (Å²) in [7, 11) is 3.49. The van der Waals surface area contributed by atoms with Crippen LogP contribution in [0.3, 0.4) is 0 Å². The molecule has 0 fully saturated rings. The summed E-state index contributed by atoms with van der Waals surface area (Å²) >= 11 is 0. The first kappa shape index (κ1) is 25.1. The van der Waals surface area contributed by atoms with Crippen LogP contribution in [0.25, 0.3) is 0 Å². The number of hydrogen-bond donors (Lipinski definition) is 1. The number of nitrogens with one attached hydrogen (secondary N) is 1. The van der Waals surface area contributed by atoms with E-state index in [2.05, 4.69) is 31.0 Å². The fourth-order valence-electron chi connectivity index (χ4n) is 3.98. The molecule has 1 aliphatic rings. The molecule has 7 nitrogen and oxygen atoms in total. The van der Waals surface area contributed by atoms with Gasteiger partial charge in [0.15, 0.2) is 0 Å². The molecule has 2 rings (SSSR count). The van der Waals surface area contributed by atoms with Crippen LogP contribution in [-0.2, 0) is 9.53 Å². The lowest BCUT2D eigenvalue weighted by molar-refractivity contribution is -0.116. The van der Waals surface area contributed by atoms with Gasteiger partial charge in [-0.1, -0.05) is 20.8 Å². The van der Waals surface area contributed by atoms with Gasteiger partial charge >= 0.3 is 0 Å². The topological polar surface area (TPSA) is 71.1 Å². The number of ether oxygens (including phenoxy) is 2. The summed E-state index contributed by atoms with van der Waals surface area (Å²) in [6, 6.07) is 5.48. The van der Waals surface area contributed by atoms with Gasteiger partial charge in [0.2, 0.25) is 5.91 Å². The van der Waals surface area contributed by atoms with Gasteiger partial charge in [-0.05, 0) is 50.4 Å². The van der Waals surface area contributed by atoms with Crippen LogP contribution in [0.15, 0.2) is 18.2 Å². The molecule has 31 heavy (non-hydrogen) atoms. The van der Waals surface area contributed by atoms with Crippen molar-refractivity contribution < 1.29 is 19.1 Å². The molecule has 174 valence electrons. The number of anilines is 1. The molecule has 0 radical (unpaired) electrons. The standard InChI is InChI=1S/C24H39N3O4/c1-7-9-23(28)25-19-10-11-21-20(13-19)24(29)26(5)15-22(30-6)17(3)14-27(12-8-2)18(4)16-31-21/h10-11,13,17-18,22H,7-9,12,14-16H2,1-6H3,(H,25,28)/t17-,18+,22+/m0/s1. The SMILES string of the molecule is CCCC(=O)Nc1ccc2c(c1)C(=O)N(C)C[C@@H](OC)[C@@H](C)CN(CCC)[C@H](C)CO2. The zero-order valence-corrected chi connectivity index (χ0v) is 19.9. The molecule has 2 amide bonds. The third-order valence-corrected chi connectivity index (χ3v) is 5.85. The molecule has 1 heterocycles. The number of hydrogen-bond acceptors (Lipinski definition) is 5. The largest absolute Gasteiger partial charge is 0.491 e. The third-order valence-electron chi connectivity index (χ3n) is 5.85. The molecule has 1 N–H and O–H groups in total. The van der Waals surface area contributed by atoms with Crippen molar-refractivity contribution in [2.24, 2.45) is 5.92 Å². The summed E-state index contributed by atoms with van der Waals surface area (Å²) in [5.41, 5.74) is 1.06. The first-order valence-corrected chi connectivity index (χ1v) is 11.4. The van der Waals surface area contributed by atoms with E-state index in [9.17, 15) is 9.59 Å². The van der Waals surface area contributed by atoms with Crippen molar-refractivity contribution in [2.75, 3.05) is 45.7 Å². The number of fused-ring (bicyclic) bond motifs is 1. The minimum Gasteiger partial charge on any atom is -0.491 e. The summed E-state index contributed by atoms with van der Waals surface area (Å²) in [6.07, 6.45) is 2.20. The lowest BCUT2D eigenvalue weighted by atomic mass is 10.0. The minimum absolute atomic E-state index is 0.0607. The van der Waals surface area contributed by atoms with Crippen LogP contribution in [0, 0.1) is 5.92 Å². The van der Waals surface area contributed by atoms with Crippen LogP contribution < -0.4 is 10.1 Å². The van der Waals surface area contributed by atoms with Crippen molar-refractivity contribution in [1.29, 1.82) is 0 Å². The fraction of sp³-hybridized carbons (Fsp3) is 0.667. The van der Waals surface area contributed by atoms with Crippen molar-refractivity contribution in [3.63, 3.8) is 0 Å². The van der Waals surface area contributed by atoms with Gasteiger partial charge in [-0.25, -0.2) is 0 Å². The third kappa shape index (κ3) is 6.94. The lowest BCUT2D eigenvalue weighted by Crippen LogP contribution is -2.46. The number of likely N-dealkylation sites (N-methyl/N-ethyl adjacent to an activating group) is 1. The molecule has 0 unspecified atom stereocenters. The highest BCUT2D eigenvalue weighted by molar-refractivity contribution is 5.99. The van der Waals surface area contributed by atoms with E-state index in [1.165, 1.54) is 0 Å². The molecule has 0 aliphatic carbocycles. The van der Waals surface area contributed by atoms with E-state index >= 15 is 0 Å². The van der Waals surface area contributed by atoms with Crippen LogP contribution in [0.4, 0.5) is 5.69 Å². The number of methoxy groups -OCH3 is 1. The normalized spacial score (nSPS) is 23.4. The quantitative estimate of drug-likeness (QED) is 0.742. The van der Waals surface area contributed by atoms with E-state index in [0.717, 1.165) is 25.9 Å². The molecule has 1 aromatic carbocycles. The number of benzene rings is 1. The molecular weight excluding hydrogens is 394 g/mol. The van der Waals surface area contributed by atoms with E-state index in [0.29, 0.717) is 36.6 Å². The average molecular weight is 434 g/mol. The smallest absolute Gasteiger partial charge is 0.257 e. The maximum atomic E-state index is 13.3. The first-order valence-electron chi connectivity index (χ1n) is 11.4. The summed E-state index contributed by atoms with van der Waals surface area (Å²) in [4.78, 5) is 29.4. The molecule has 7 heteroatoms. The van der Waals surface area contributed by atoms with Gasteiger partial charge in [-0.3, -0.25) is 14.5 Å². The van der Waals surface area contributed by atoms with Crippen molar-refractivity contribution in [3.05, 3.63) is 23.8 Å². The van der Waals surface area contributed by atoms with E-state index in [4.69, 9.17) is 9.47 Å². The van der Waals surface area contributed by atoms with Gasteiger partial charge in [-0.2, -0.15) is 0 Å². The van der Waals surface area contributed by atoms with E-state index in [-0.39, 0.29) is 29.9 Å². The highest BCUT2D eigenvalue weighted by atomic mass is 16.5. The molecule has 0 spiro atoms. The first-order chi connectivity index (χ1) is 14.8. The molecule has 1 aromatic rings. The molecule has 3 atom stereocenters. The van der Waals surface area contributed by atoms with Crippen molar-refractivity contribution >= 4 is 17.5 Å². The van der Waals surface area contributed by atoms with Gasteiger partial charge < -0.3 is 19.7 Å². The van der Waals surface area contributed by atoms with Crippen LogP contribution in [0.1, 0.15) is 57.3 Å². The predicted molar refractivity (Wildman–Crippen MR) is 124 cm³/mol. The van der Waals surface area contributed by atoms with Gasteiger partial charge in [0.1, 0.15) is 12.4 Å². The lowest BCUT2D eigenvalue weighted by Gasteiger charge is -2.35. The maximum absolute atomic E-state index is 13.3. The van der Waals surface area contributed by atoms with Crippen molar-refractivity contribution in [3.8, 4) is 5.75 Å². The Kier molecular flexibility index (Phi) is 9.78. The Balaban J connectivity index is 2.38. The summed E-state index contributed by atoms with van der Waals surface area (Å²) in [6.45, 7) is 11.3. The molecule has 1 aliphatic heterocycles. The summed E-state index contributed by atoms with van der Waals surface area (Å²) in [5, 5.41) is 2.88. The van der Waals surface area contributed by atoms with Crippen molar-refractivity contribution in [1.82, 2.24) is 9.80 Å². The Morgan fingerprint density at radius 2 is 1.97 bits per heavy atom. The highest BCUT2D eigenvalue weighted by Crippen LogP contribution is 2.26. The van der Waals surface area contributed by atoms with Crippen LogP contribution in [0.5, 0.6) is 5.75 Å². The number of amides is 2. The van der Waals surface area contributed by atoms with Gasteiger partial charge in [0.25, 0.3) is 5.91 Å². The van der Waals surface area contributed by atoms with Gasteiger partial charge in [0.05, 0.1) is 11.7 Å². The molecule has 0 saturated carbocycles. The monoisotopic (exact) mass is 433 g/mol. The summed E-state index contributed by atoms with van der Waals surface area (Å²) in [5.74, 6) is 0.591. The van der Waals surface area contributed by atoms with Crippen LogP contribution in [-0.4, -0.2) is 74.2 Å². The molecule has 0 saturated heterocycles. The predicted octanol–water partition coefficient (Wildman–Crippen LogP) is 3.64. The molecular formula is C24H39N3O4. The Labute approximate surface area is 187 Å². The van der Waals surface area contributed by atoms with Crippen LogP contribution >= 0.6 is 0 Å². The number of carbonyl (C=O) groups is 2. The average Bonchev–Trinajstić information content (AvgIpc) is 2.74. The fourth-order valence-corrected chi connectivity index (χ4v) is 3.98. The Morgan fingerprint density at radius 1 is 1.23 bits per heavy atom. The maximum Gasteiger partial charge on any atom is 0.257 e. The van der Waals surface area contributed by atoms with Gasteiger partial charge in [0, 0.05) is 45.4 Å². The Bertz CT molecular complexity index is 740. The number of carbonyl (C=O) groups excluding carboxylic acids is 2. The number of nitrogens with zero attached hydrogens (tertiary/aromatic N) is 2. The second-order valence-corrected chi connectivity index (χ2v) is 8.60. The van der Waals surface area contributed by atoms with Crippen molar-refractivity contribution in [2.45, 2.75) is 59.1 Å². The van der Waals surface area contributed by atoms with E-state index in [1.807, 2.05) is 6.92 Å². The molecule has 0 bridgehead atoms. The minimum atomic E-state index is -0.144. The zero-order chi connectivity index (χ0) is 23.0. The Hall–Kier alpha value is -2.12. The van der Waals surface area contributed by atoms with E-state index < -0.39 is 0 Å². The van der Waals surface area contributed by atoms with Crippen LogP contribution in [0.2, 0.25) is 0 Å². The zero-order valence-electron chi connectivity index (χ0n) is 19.9. The summed E-state index contributed by atoms with van der Waals surface area (Å²) < 4.78 is 11.9. The Morgan fingerprint density at radius 3 is 2.61 bits per heavy atom. The molecule has 0 aromatic heterocycles.